The number of aliphatic hydroxyl groups excluding tert-OH is 2. The summed E-state index contributed by atoms with van der Waals surface area (Å²) in [5.41, 5.74) is 4.50. The van der Waals surface area contributed by atoms with Crippen LogP contribution in [0.2, 0.25) is 0 Å². The van der Waals surface area contributed by atoms with Gasteiger partial charge in [0.05, 0.1) is 13.2 Å². The van der Waals surface area contributed by atoms with E-state index in [2.05, 4.69) is 10.3 Å². The van der Waals surface area contributed by atoms with Crippen LogP contribution >= 0.6 is 8.03 Å². The topological polar surface area (TPSA) is 92.8 Å². The lowest BCUT2D eigenvalue weighted by Gasteiger charge is -1.83. The highest BCUT2D eigenvalue weighted by Gasteiger charge is 2.14. The van der Waals surface area contributed by atoms with Crippen molar-refractivity contribution in [3.63, 3.8) is 0 Å². The Bertz CT molecular complexity index is 90.6. The van der Waals surface area contributed by atoms with Gasteiger partial charge in [-0.25, -0.2) is 0 Å². The molecule has 0 aliphatic carbocycles. The predicted molar refractivity (Wildman–Crippen MR) is 42.7 cm³/mol. The Morgan fingerprint density at radius 3 is 2.27 bits per heavy atom. The first-order chi connectivity index (χ1) is 5.31. The monoisotopic (exact) mass is 184 g/mol. The Balaban J connectivity index is 0. The maximum atomic E-state index is 10.5. The number of aliphatic hydroxyl groups is 2. The van der Waals surface area contributed by atoms with Crippen LogP contribution in [0.3, 0.4) is 0 Å². The lowest BCUT2D eigenvalue weighted by molar-refractivity contribution is 0.206. The molecule has 4 N–H and O–H groups in total. The second-order valence-electron chi connectivity index (χ2n) is 1.34. The van der Waals surface area contributed by atoms with Crippen LogP contribution in [0.25, 0.3) is 0 Å². The van der Waals surface area contributed by atoms with E-state index in [1.165, 1.54) is 7.05 Å². The molecule has 0 bridgehead atoms. The Hall–Kier alpha value is -0.0600. The van der Waals surface area contributed by atoms with Gasteiger partial charge in [-0.3, -0.25) is 0 Å². The molecule has 0 aliphatic rings. The summed E-state index contributed by atoms with van der Waals surface area (Å²) in [6.45, 7) is -0.192. The van der Waals surface area contributed by atoms with Crippen LogP contribution in [-0.2, 0) is 9.09 Å². The fraction of sp³-hybridized carbons (Fsp3) is 1.00. The van der Waals surface area contributed by atoms with Gasteiger partial charge in [0.2, 0.25) is 6.16 Å². The maximum Gasteiger partial charge on any atom is 0.510 e. The first-order valence-corrected chi connectivity index (χ1v) is 4.54. The molecule has 0 saturated heterocycles. The summed E-state index contributed by atoms with van der Waals surface area (Å²) in [4.78, 5) is 0. The highest BCUT2D eigenvalue weighted by molar-refractivity contribution is 7.39. The molecule has 11 heavy (non-hydrogen) atoms. The minimum absolute atomic E-state index is 0.0786. The molecule has 0 aromatic carbocycles. The van der Waals surface area contributed by atoms with Gasteiger partial charge in [0.15, 0.2) is 0 Å². The number of hydrogen-bond donors (Lipinski definition) is 3. The van der Waals surface area contributed by atoms with Gasteiger partial charge >= 0.3 is 8.03 Å². The van der Waals surface area contributed by atoms with Gasteiger partial charge in [0.25, 0.3) is 0 Å². The Labute approximate surface area is 67.0 Å². The van der Waals surface area contributed by atoms with Crippen LogP contribution in [0, 0.1) is 0 Å². The van der Waals surface area contributed by atoms with Crippen molar-refractivity contribution >= 4 is 8.03 Å². The van der Waals surface area contributed by atoms with Crippen molar-refractivity contribution in [3.05, 3.63) is 0 Å². The highest BCUT2D eigenvalue weighted by atomic mass is 31.1. The minimum atomic E-state index is -1.75. The van der Waals surface area contributed by atoms with Crippen molar-refractivity contribution in [2.45, 2.75) is 0 Å². The maximum absolute atomic E-state index is 10.5. The molecule has 0 amide bonds. The fourth-order valence-electron chi connectivity index (χ4n) is 0.289. The fourth-order valence-corrected chi connectivity index (χ4v) is 0.867. The van der Waals surface area contributed by atoms with Crippen molar-refractivity contribution < 1.29 is 19.3 Å². The van der Waals surface area contributed by atoms with E-state index >= 15 is 0 Å². The summed E-state index contributed by atoms with van der Waals surface area (Å²) in [7, 11) is -0.247. The molecule has 0 aliphatic heterocycles. The number of rotatable bonds is 5. The van der Waals surface area contributed by atoms with Crippen molar-refractivity contribution in [2.75, 3.05) is 33.0 Å². The molecule has 0 radical (unpaired) electrons. The molecule has 0 aromatic rings. The molecule has 1 atom stereocenters. The van der Waals surface area contributed by atoms with E-state index < -0.39 is 8.03 Å². The second kappa shape index (κ2) is 12.6. The molecule has 0 rings (SSSR count). The summed E-state index contributed by atoms with van der Waals surface area (Å²) >= 11 is 0. The van der Waals surface area contributed by atoms with Crippen LogP contribution in [0.5, 0.6) is 0 Å². The van der Waals surface area contributed by atoms with Crippen molar-refractivity contribution in [1.29, 1.82) is 0 Å². The molecule has 1 unspecified atom stereocenters. The van der Waals surface area contributed by atoms with Gasteiger partial charge in [-0.15, -0.1) is 4.52 Å². The molecule has 0 fully saturated rings. The first-order valence-electron chi connectivity index (χ1n) is 3.18. The molecule has 5 nitrogen and oxygen atoms in total. The van der Waals surface area contributed by atoms with Gasteiger partial charge in [-0.1, -0.05) is 0 Å². The SMILES string of the molecule is CN.O=[P+](CCO)OCCO. The van der Waals surface area contributed by atoms with Crippen LogP contribution in [0.15, 0.2) is 0 Å². The zero-order valence-electron chi connectivity index (χ0n) is 6.56. The summed E-state index contributed by atoms with van der Waals surface area (Å²) < 4.78 is 15.0. The smallest absolute Gasteiger partial charge is 0.394 e. The zero-order valence-corrected chi connectivity index (χ0v) is 7.46. The average Bonchev–Trinajstić information content (AvgIpc) is 2.05. The number of hydrogen-bond acceptors (Lipinski definition) is 5. The Morgan fingerprint density at radius 2 is 1.91 bits per heavy atom. The summed E-state index contributed by atoms with van der Waals surface area (Å²) in [6, 6.07) is 0. The Kier molecular flexibility index (Phi) is 15.5. The van der Waals surface area contributed by atoms with Crippen LogP contribution in [0.1, 0.15) is 0 Å². The highest BCUT2D eigenvalue weighted by Crippen LogP contribution is 2.19. The van der Waals surface area contributed by atoms with Gasteiger partial charge in [0.1, 0.15) is 6.61 Å². The van der Waals surface area contributed by atoms with E-state index in [0.29, 0.717) is 0 Å². The minimum Gasteiger partial charge on any atom is -0.394 e. The largest absolute Gasteiger partial charge is 0.510 e. The molecular formula is C5H15NO4P+. The quantitative estimate of drug-likeness (QED) is 0.491. The molecule has 0 heterocycles. The zero-order chi connectivity index (χ0) is 9.11. The van der Waals surface area contributed by atoms with E-state index in [0.717, 1.165) is 0 Å². The van der Waals surface area contributed by atoms with Crippen molar-refractivity contribution in [2.24, 2.45) is 5.73 Å². The molecule has 6 heteroatoms. The molecular weight excluding hydrogens is 169 g/mol. The number of nitrogens with two attached hydrogens (primary N) is 1. The average molecular weight is 184 g/mol. The van der Waals surface area contributed by atoms with Gasteiger partial charge in [0, 0.05) is 0 Å². The van der Waals surface area contributed by atoms with Gasteiger partial charge in [-0.05, 0) is 11.6 Å². The summed E-state index contributed by atoms with van der Waals surface area (Å²) in [5, 5.41) is 16.4. The molecule has 68 valence electrons. The van der Waals surface area contributed by atoms with E-state index in [1.807, 2.05) is 0 Å². The van der Waals surface area contributed by atoms with Crippen LogP contribution < -0.4 is 5.73 Å². The third-order valence-corrected chi connectivity index (χ3v) is 1.64. The lowest BCUT2D eigenvalue weighted by atomic mass is 10.8. The van der Waals surface area contributed by atoms with E-state index in [4.69, 9.17) is 10.2 Å². The van der Waals surface area contributed by atoms with Crippen LogP contribution in [-0.4, -0.2) is 43.2 Å². The van der Waals surface area contributed by atoms with E-state index in [-0.39, 0.29) is 26.0 Å². The standard InChI is InChI=1S/C4H10O4P.CH5N/c5-1-3-8-9(7)4-2-6;1-2/h5-6H,1-4H2;2H2,1H3/q+1;. The van der Waals surface area contributed by atoms with Crippen LogP contribution in [0.4, 0.5) is 0 Å². The summed E-state index contributed by atoms with van der Waals surface area (Å²) in [5.74, 6) is 0. The van der Waals surface area contributed by atoms with Gasteiger partial charge in [-0.2, -0.15) is 0 Å². The third kappa shape index (κ3) is 13.0. The lowest BCUT2D eigenvalue weighted by Crippen LogP contribution is -1.95. The molecule has 0 aromatic heterocycles. The predicted octanol–water partition coefficient (Wildman–Crippen LogP) is -0.695. The van der Waals surface area contributed by atoms with E-state index in [1.54, 1.807) is 0 Å². The second-order valence-corrected chi connectivity index (χ2v) is 2.71. The third-order valence-electron chi connectivity index (χ3n) is 0.609. The Morgan fingerprint density at radius 1 is 1.36 bits per heavy atom. The van der Waals surface area contributed by atoms with Crippen molar-refractivity contribution in [3.8, 4) is 0 Å². The molecule has 0 saturated carbocycles. The van der Waals surface area contributed by atoms with Gasteiger partial charge < -0.3 is 15.9 Å². The molecule has 0 spiro atoms. The van der Waals surface area contributed by atoms with E-state index in [9.17, 15) is 4.57 Å². The first kappa shape index (κ1) is 13.5. The normalized spacial score (nSPS) is 10.0. The van der Waals surface area contributed by atoms with Crippen molar-refractivity contribution in [1.82, 2.24) is 0 Å². The summed E-state index contributed by atoms with van der Waals surface area (Å²) in [6.07, 6.45) is 0.148.